The molecule has 202 valence electrons. The van der Waals surface area contributed by atoms with Gasteiger partial charge in [-0.25, -0.2) is 0 Å². The summed E-state index contributed by atoms with van der Waals surface area (Å²) in [7, 11) is 2.16. The molecule has 2 atom stereocenters. The number of para-hydroxylation sites is 1. The Labute approximate surface area is 242 Å². The number of aryl methyl sites for hydroxylation is 1. The molecule has 4 aromatic rings. The lowest BCUT2D eigenvalue weighted by Gasteiger charge is -2.41. The number of rotatable bonds is 5. The van der Waals surface area contributed by atoms with Crippen molar-refractivity contribution in [3.8, 4) is 11.5 Å². The lowest BCUT2D eigenvalue weighted by atomic mass is 9.86. The van der Waals surface area contributed by atoms with E-state index in [-0.39, 0.29) is 17.6 Å². The summed E-state index contributed by atoms with van der Waals surface area (Å²) in [6.07, 6.45) is 4.19. The molecule has 0 radical (unpaired) electrons. The fourth-order valence-electron chi connectivity index (χ4n) is 5.81. The third-order valence-electron chi connectivity index (χ3n) is 8.12. The Hall–Kier alpha value is -4.16. The molecule has 3 aromatic carbocycles. The number of ether oxygens (including phenoxy) is 1. The summed E-state index contributed by atoms with van der Waals surface area (Å²) in [5, 5.41) is 4.26. The topological polar surface area (TPSA) is 40.6 Å². The number of anilines is 2. The second kappa shape index (κ2) is 10.1. The van der Waals surface area contributed by atoms with Gasteiger partial charge in [0.2, 0.25) is 0 Å². The van der Waals surface area contributed by atoms with E-state index in [0.717, 1.165) is 28.4 Å². The normalized spacial score (nSPS) is 19.6. The predicted octanol–water partition coefficient (Wildman–Crippen LogP) is 7.99. The summed E-state index contributed by atoms with van der Waals surface area (Å²) in [6, 6.07) is 28.9. The van der Waals surface area contributed by atoms with Gasteiger partial charge in [-0.3, -0.25) is 4.98 Å². The van der Waals surface area contributed by atoms with Gasteiger partial charge in [0.15, 0.2) is 5.11 Å². The van der Waals surface area contributed by atoms with Gasteiger partial charge in [-0.05, 0) is 111 Å². The number of hydrogen-bond acceptors (Lipinski definition) is 4. The van der Waals surface area contributed by atoms with E-state index in [9.17, 15) is 0 Å². The van der Waals surface area contributed by atoms with E-state index in [1.165, 1.54) is 22.4 Å². The minimum absolute atomic E-state index is 0.0419. The van der Waals surface area contributed by atoms with Crippen LogP contribution in [0.1, 0.15) is 55.2 Å². The quantitative estimate of drug-likeness (QED) is 0.256. The number of likely N-dealkylation sites (N-methyl/N-ethyl adjacent to an activating group) is 1. The molecule has 0 bridgehead atoms. The number of benzene rings is 3. The van der Waals surface area contributed by atoms with Crippen LogP contribution in [0.15, 0.2) is 97.2 Å². The average Bonchev–Trinajstić information content (AvgIpc) is 3.30. The molecule has 0 spiro atoms. The minimum atomic E-state index is -0.100. The molecule has 0 saturated carbocycles. The molecule has 0 amide bonds. The largest absolute Gasteiger partial charge is 0.457 e. The number of nitrogens with one attached hydrogen (secondary N) is 1. The molecule has 1 aromatic heterocycles. The molecule has 1 saturated heterocycles. The predicted molar refractivity (Wildman–Crippen MR) is 168 cm³/mol. The van der Waals surface area contributed by atoms with Crippen LogP contribution in [0, 0.1) is 6.92 Å². The number of fused-ring (bicyclic) bond motifs is 1. The van der Waals surface area contributed by atoms with Crippen LogP contribution < -0.4 is 19.9 Å². The van der Waals surface area contributed by atoms with Crippen LogP contribution in [-0.2, 0) is 0 Å². The summed E-state index contributed by atoms with van der Waals surface area (Å²) in [5.74, 6) is 1.64. The fourth-order valence-corrected chi connectivity index (χ4v) is 6.15. The highest BCUT2D eigenvalue weighted by Gasteiger charge is 2.41. The first-order chi connectivity index (χ1) is 19.2. The SMILES string of the molecule is CC1=CC(C)(C)N(C)c2ccc([C@H]3[C@H](c4ccccn4)NC(=S)N3c3ccc(Oc4ccccc4C)cc3)cc21. The zero-order valence-electron chi connectivity index (χ0n) is 23.6. The second-order valence-electron chi connectivity index (χ2n) is 11.2. The van der Waals surface area contributed by atoms with Gasteiger partial charge < -0.3 is 19.9 Å². The first-order valence-electron chi connectivity index (χ1n) is 13.6. The molecule has 3 heterocycles. The molecular weight excluding hydrogens is 512 g/mol. The Morgan fingerprint density at radius 1 is 0.925 bits per heavy atom. The molecule has 6 rings (SSSR count). The molecular formula is C34H34N4OS. The van der Waals surface area contributed by atoms with Crippen molar-refractivity contribution in [2.75, 3.05) is 16.8 Å². The van der Waals surface area contributed by atoms with Crippen molar-refractivity contribution in [3.05, 3.63) is 120 Å². The molecule has 2 aliphatic heterocycles. The average molecular weight is 547 g/mol. The molecule has 0 unspecified atom stereocenters. The third kappa shape index (κ3) is 4.62. The standard InChI is InChI=1S/C34H34N4OS/c1-22-10-6-7-12-30(22)39-26-16-14-25(15-17-26)38-32(31(36-33(38)40)28-11-8-9-19-35-28)24-13-18-29-27(20-24)23(2)21-34(3,4)37(29)5/h6-21,31-32H,1-5H3,(H,36,40)/t31-,32-/m0/s1. The van der Waals surface area contributed by atoms with E-state index in [2.05, 4.69) is 98.4 Å². The maximum Gasteiger partial charge on any atom is 0.174 e. The van der Waals surface area contributed by atoms with Gasteiger partial charge in [-0.15, -0.1) is 0 Å². The second-order valence-corrected chi connectivity index (χ2v) is 11.6. The van der Waals surface area contributed by atoms with Gasteiger partial charge in [0, 0.05) is 30.2 Å². The zero-order chi connectivity index (χ0) is 28.0. The van der Waals surface area contributed by atoms with Crippen LogP contribution >= 0.6 is 12.2 Å². The Balaban J connectivity index is 1.40. The molecule has 1 fully saturated rings. The highest BCUT2D eigenvalue weighted by Crippen LogP contribution is 2.45. The van der Waals surface area contributed by atoms with Crippen LogP contribution in [0.5, 0.6) is 11.5 Å². The van der Waals surface area contributed by atoms with Crippen LogP contribution in [0.2, 0.25) is 0 Å². The van der Waals surface area contributed by atoms with Crippen molar-refractivity contribution in [2.45, 2.75) is 45.3 Å². The third-order valence-corrected chi connectivity index (χ3v) is 8.43. The molecule has 6 heteroatoms. The van der Waals surface area contributed by atoms with Gasteiger partial charge in [0.1, 0.15) is 11.5 Å². The van der Waals surface area contributed by atoms with Crippen LogP contribution in [-0.4, -0.2) is 22.7 Å². The van der Waals surface area contributed by atoms with Crippen molar-refractivity contribution in [1.29, 1.82) is 0 Å². The zero-order valence-corrected chi connectivity index (χ0v) is 24.4. The van der Waals surface area contributed by atoms with E-state index in [1.807, 2.05) is 48.7 Å². The van der Waals surface area contributed by atoms with Gasteiger partial charge in [0.05, 0.1) is 23.3 Å². The maximum absolute atomic E-state index is 6.17. The lowest BCUT2D eigenvalue weighted by Crippen LogP contribution is -2.42. The van der Waals surface area contributed by atoms with Crippen molar-refractivity contribution < 1.29 is 4.74 Å². The van der Waals surface area contributed by atoms with Crippen LogP contribution in [0.3, 0.4) is 0 Å². The van der Waals surface area contributed by atoms with Gasteiger partial charge >= 0.3 is 0 Å². The monoisotopic (exact) mass is 546 g/mol. The van der Waals surface area contributed by atoms with Crippen molar-refractivity contribution in [3.63, 3.8) is 0 Å². The Kier molecular flexibility index (Phi) is 6.59. The maximum atomic E-state index is 6.17. The summed E-state index contributed by atoms with van der Waals surface area (Å²) in [5.41, 5.74) is 7.97. The Morgan fingerprint density at radius 3 is 2.40 bits per heavy atom. The van der Waals surface area contributed by atoms with E-state index < -0.39 is 0 Å². The number of thiocarbonyl (C=S) groups is 1. The molecule has 5 nitrogen and oxygen atoms in total. The molecule has 0 aliphatic carbocycles. The van der Waals surface area contributed by atoms with E-state index >= 15 is 0 Å². The summed E-state index contributed by atoms with van der Waals surface area (Å²) in [6.45, 7) is 8.75. The van der Waals surface area contributed by atoms with E-state index in [1.54, 1.807) is 0 Å². The number of hydrogen-bond donors (Lipinski definition) is 1. The number of pyridine rings is 1. The van der Waals surface area contributed by atoms with E-state index in [0.29, 0.717) is 5.11 Å². The number of aromatic nitrogens is 1. The van der Waals surface area contributed by atoms with Crippen molar-refractivity contribution in [1.82, 2.24) is 10.3 Å². The highest BCUT2D eigenvalue weighted by atomic mass is 32.1. The van der Waals surface area contributed by atoms with Gasteiger partial charge in [-0.1, -0.05) is 36.4 Å². The molecule has 2 aliphatic rings. The highest BCUT2D eigenvalue weighted by molar-refractivity contribution is 7.80. The minimum Gasteiger partial charge on any atom is -0.457 e. The molecule has 40 heavy (non-hydrogen) atoms. The van der Waals surface area contributed by atoms with E-state index in [4.69, 9.17) is 21.9 Å². The smallest absolute Gasteiger partial charge is 0.174 e. The summed E-state index contributed by atoms with van der Waals surface area (Å²) < 4.78 is 6.17. The lowest BCUT2D eigenvalue weighted by molar-refractivity contribution is 0.479. The summed E-state index contributed by atoms with van der Waals surface area (Å²) >= 11 is 5.96. The Morgan fingerprint density at radius 2 is 1.68 bits per heavy atom. The first kappa shape index (κ1) is 26.1. The van der Waals surface area contributed by atoms with Gasteiger partial charge in [-0.2, -0.15) is 0 Å². The Bertz CT molecular complexity index is 1600. The van der Waals surface area contributed by atoms with Crippen LogP contribution in [0.4, 0.5) is 11.4 Å². The molecule has 1 N–H and O–H groups in total. The van der Waals surface area contributed by atoms with Gasteiger partial charge in [0.25, 0.3) is 0 Å². The summed E-state index contributed by atoms with van der Waals surface area (Å²) in [4.78, 5) is 9.27. The van der Waals surface area contributed by atoms with Crippen molar-refractivity contribution >= 4 is 34.3 Å². The number of nitrogens with zero attached hydrogens (tertiary/aromatic N) is 3. The first-order valence-corrected chi connectivity index (χ1v) is 14.1. The number of allylic oxidation sites excluding steroid dienone is 1. The van der Waals surface area contributed by atoms with Crippen molar-refractivity contribution in [2.24, 2.45) is 0 Å². The fraction of sp³-hybridized carbons (Fsp3) is 0.235. The van der Waals surface area contributed by atoms with Crippen LogP contribution in [0.25, 0.3) is 5.57 Å².